The highest BCUT2D eigenvalue weighted by Crippen LogP contribution is 2.24. The van der Waals surface area contributed by atoms with E-state index < -0.39 is 0 Å². The van der Waals surface area contributed by atoms with Crippen molar-refractivity contribution in [3.05, 3.63) is 11.3 Å². The molecular weight excluding hydrogens is 136 g/mol. The summed E-state index contributed by atoms with van der Waals surface area (Å²) < 4.78 is 0. The van der Waals surface area contributed by atoms with Gasteiger partial charge in [-0.3, -0.25) is 4.99 Å². The molecule has 0 atom stereocenters. The minimum absolute atomic E-state index is 0.0956. The Labute approximate surface area is 69.2 Å². The van der Waals surface area contributed by atoms with Crippen molar-refractivity contribution in [3.63, 3.8) is 0 Å². The second-order valence-electron chi connectivity index (χ2n) is 3.73. The van der Waals surface area contributed by atoms with E-state index in [9.17, 15) is 0 Å². The van der Waals surface area contributed by atoms with Crippen LogP contribution < -0.4 is 5.73 Å². The molecule has 0 bridgehead atoms. The van der Waals surface area contributed by atoms with Crippen LogP contribution >= 0.6 is 0 Å². The summed E-state index contributed by atoms with van der Waals surface area (Å²) in [5.41, 5.74) is 7.75. The Bertz CT molecular complexity index is 178. The van der Waals surface area contributed by atoms with Gasteiger partial charge < -0.3 is 5.73 Å². The standard InChI is InChI=1S/C9H18N2/c1-7(10)8(6-11-5)9(2,3)4/h6H,10H2,1-5H3. The van der Waals surface area contributed by atoms with Crippen LogP contribution in [0.3, 0.4) is 0 Å². The third-order valence-corrected chi connectivity index (χ3v) is 1.49. The molecule has 0 saturated heterocycles. The number of aliphatic imine (C=N–C) groups is 1. The summed E-state index contributed by atoms with van der Waals surface area (Å²) >= 11 is 0. The molecule has 0 aromatic carbocycles. The van der Waals surface area contributed by atoms with Gasteiger partial charge >= 0.3 is 0 Å². The highest BCUT2D eigenvalue weighted by atomic mass is 14.7. The summed E-state index contributed by atoms with van der Waals surface area (Å²) in [7, 11) is 1.76. The van der Waals surface area contributed by atoms with Crippen LogP contribution in [-0.4, -0.2) is 13.3 Å². The first-order valence-corrected chi connectivity index (χ1v) is 3.78. The molecule has 0 rings (SSSR count). The number of nitrogens with two attached hydrogens (primary N) is 1. The van der Waals surface area contributed by atoms with Gasteiger partial charge in [0.25, 0.3) is 0 Å². The molecule has 0 heterocycles. The molecule has 0 aliphatic rings. The molecule has 0 aliphatic heterocycles. The van der Waals surface area contributed by atoms with Gasteiger partial charge in [-0.15, -0.1) is 0 Å². The van der Waals surface area contributed by atoms with Crippen molar-refractivity contribution in [2.24, 2.45) is 16.1 Å². The van der Waals surface area contributed by atoms with E-state index in [-0.39, 0.29) is 5.41 Å². The topological polar surface area (TPSA) is 38.4 Å². The normalized spacial score (nSPS) is 15.4. The Hall–Kier alpha value is -0.790. The minimum atomic E-state index is 0.0956. The minimum Gasteiger partial charge on any atom is -0.402 e. The van der Waals surface area contributed by atoms with E-state index >= 15 is 0 Å². The molecule has 0 unspecified atom stereocenters. The molecule has 2 heteroatoms. The Morgan fingerprint density at radius 2 is 1.82 bits per heavy atom. The quantitative estimate of drug-likeness (QED) is 0.576. The molecule has 0 spiro atoms. The average molecular weight is 154 g/mol. The Morgan fingerprint density at radius 3 is 1.91 bits per heavy atom. The third kappa shape index (κ3) is 3.21. The van der Waals surface area contributed by atoms with Crippen molar-refractivity contribution in [1.82, 2.24) is 0 Å². The van der Waals surface area contributed by atoms with Crippen molar-refractivity contribution < 1.29 is 0 Å². The van der Waals surface area contributed by atoms with Crippen molar-refractivity contribution >= 4 is 6.21 Å². The van der Waals surface area contributed by atoms with Crippen molar-refractivity contribution in [1.29, 1.82) is 0 Å². The highest BCUT2D eigenvalue weighted by Gasteiger charge is 2.16. The molecule has 64 valence electrons. The van der Waals surface area contributed by atoms with E-state index in [2.05, 4.69) is 25.8 Å². The van der Waals surface area contributed by atoms with Crippen molar-refractivity contribution in [2.45, 2.75) is 27.7 Å². The lowest BCUT2D eigenvalue weighted by molar-refractivity contribution is 0.521. The van der Waals surface area contributed by atoms with Crippen LogP contribution in [-0.2, 0) is 0 Å². The monoisotopic (exact) mass is 154 g/mol. The molecule has 0 fully saturated rings. The van der Waals surface area contributed by atoms with Crippen LogP contribution in [0.1, 0.15) is 27.7 Å². The lowest BCUT2D eigenvalue weighted by Crippen LogP contribution is -2.15. The lowest BCUT2D eigenvalue weighted by Gasteiger charge is -2.20. The first-order valence-electron chi connectivity index (χ1n) is 3.78. The smallest absolute Gasteiger partial charge is 0.0277 e. The zero-order chi connectivity index (χ0) is 9.07. The van der Waals surface area contributed by atoms with Crippen molar-refractivity contribution in [3.8, 4) is 0 Å². The maximum Gasteiger partial charge on any atom is 0.0277 e. The van der Waals surface area contributed by atoms with Crippen LogP contribution in [0.2, 0.25) is 0 Å². The Balaban J connectivity index is 4.79. The van der Waals surface area contributed by atoms with Gasteiger partial charge in [-0.2, -0.15) is 0 Å². The van der Waals surface area contributed by atoms with Gasteiger partial charge in [0, 0.05) is 19.0 Å². The van der Waals surface area contributed by atoms with Gasteiger partial charge in [-0.1, -0.05) is 20.8 Å². The van der Waals surface area contributed by atoms with Gasteiger partial charge in [-0.05, 0) is 17.9 Å². The summed E-state index contributed by atoms with van der Waals surface area (Å²) in [6.07, 6.45) is 1.83. The van der Waals surface area contributed by atoms with E-state index in [1.165, 1.54) is 0 Å². The number of rotatable bonds is 1. The van der Waals surface area contributed by atoms with Crippen LogP contribution in [0.15, 0.2) is 16.3 Å². The summed E-state index contributed by atoms with van der Waals surface area (Å²) in [6, 6.07) is 0. The molecule has 11 heavy (non-hydrogen) atoms. The lowest BCUT2D eigenvalue weighted by atomic mass is 9.86. The Kier molecular flexibility index (Phi) is 3.30. The molecule has 0 saturated carbocycles. The van der Waals surface area contributed by atoms with Crippen LogP contribution in [0.4, 0.5) is 0 Å². The van der Waals surface area contributed by atoms with E-state index in [0.717, 1.165) is 11.3 Å². The van der Waals surface area contributed by atoms with Gasteiger partial charge in [0.1, 0.15) is 0 Å². The van der Waals surface area contributed by atoms with Crippen LogP contribution in [0, 0.1) is 5.41 Å². The van der Waals surface area contributed by atoms with Crippen LogP contribution in [0.25, 0.3) is 0 Å². The summed E-state index contributed by atoms with van der Waals surface area (Å²) in [5, 5.41) is 0. The summed E-state index contributed by atoms with van der Waals surface area (Å²) in [5.74, 6) is 0. The molecule has 0 aromatic heterocycles. The fourth-order valence-electron chi connectivity index (χ4n) is 1.02. The number of hydrogen-bond donors (Lipinski definition) is 1. The van der Waals surface area contributed by atoms with Gasteiger partial charge in [0.15, 0.2) is 0 Å². The first-order chi connectivity index (χ1) is 4.89. The molecule has 2 N–H and O–H groups in total. The van der Waals surface area contributed by atoms with E-state index in [1.54, 1.807) is 7.05 Å². The average Bonchev–Trinajstić information content (AvgIpc) is 1.79. The van der Waals surface area contributed by atoms with Crippen molar-refractivity contribution in [2.75, 3.05) is 7.05 Å². The predicted molar refractivity (Wildman–Crippen MR) is 50.8 cm³/mol. The molecular formula is C9H18N2. The maximum absolute atomic E-state index is 5.70. The highest BCUT2D eigenvalue weighted by molar-refractivity contribution is 5.80. The molecule has 2 nitrogen and oxygen atoms in total. The second kappa shape index (κ2) is 3.56. The summed E-state index contributed by atoms with van der Waals surface area (Å²) in [4.78, 5) is 3.96. The zero-order valence-electron chi connectivity index (χ0n) is 8.10. The maximum atomic E-state index is 5.70. The third-order valence-electron chi connectivity index (χ3n) is 1.49. The molecule has 0 amide bonds. The number of nitrogens with zero attached hydrogens (tertiary/aromatic N) is 1. The predicted octanol–water partition coefficient (Wildman–Crippen LogP) is 1.97. The molecule has 0 aromatic rings. The fraction of sp³-hybridized carbons (Fsp3) is 0.667. The zero-order valence-corrected chi connectivity index (χ0v) is 8.10. The van der Waals surface area contributed by atoms with E-state index in [4.69, 9.17) is 5.73 Å². The SMILES string of the molecule is CN=CC(=C(C)N)C(C)(C)C. The fourth-order valence-corrected chi connectivity index (χ4v) is 1.02. The number of allylic oxidation sites excluding steroid dienone is 2. The summed E-state index contributed by atoms with van der Waals surface area (Å²) in [6.45, 7) is 8.28. The van der Waals surface area contributed by atoms with Gasteiger partial charge in [0.2, 0.25) is 0 Å². The first kappa shape index (κ1) is 10.2. The van der Waals surface area contributed by atoms with E-state index in [1.807, 2.05) is 13.1 Å². The van der Waals surface area contributed by atoms with Gasteiger partial charge in [0.05, 0.1) is 0 Å². The molecule has 0 radical (unpaired) electrons. The van der Waals surface area contributed by atoms with Gasteiger partial charge in [-0.25, -0.2) is 0 Å². The van der Waals surface area contributed by atoms with E-state index in [0.29, 0.717) is 0 Å². The Morgan fingerprint density at radius 1 is 1.36 bits per heavy atom. The second-order valence-corrected chi connectivity index (χ2v) is 3.73. The van der Waals surface area contributed by atoms with Crippen LogP contribution in [0.5, 0.6) is 0 Å². The largest absolute Gasteiger partial charge is 0.402 e. The number of hydrogen-bond acceptors (Lipinski definition) is 2. The molecule has 0 aliphatic carbocycles.